The van der Waals surface area contributed by atoms with Crippen molar-refractivity contribution in [2.75, 3.05) is 42.7 Å². The molecule has 0 radical (unpaired) electrons. The van der Waals surface area contributed by atoms with Crippen molar-refractivity contribution in [2.45, 2.75) is 32.3 Å². The number of aromatic nitrogens is 2. The van der Waals surface area contributed by atoms with Crippen LogP contribution >= 0.6 is 0 Å². The fraction of sp³-hybridized carbons (Fsp3) is 0.692. The Hall–Kier alpha value is -1.56. The van der Waals surface area contributed by atoms with Crippen molar-refractivity contribution >= 4 is 17.6 Å². The smallest absolute Gasteiger partial charge is 0.223 e. The van der Waals surface area contributed by atoms with Crippen LogP contribution in [0.3, 0.4) is 0 Å². The van der Waals surface area contributed by atoms with Gasteiger partial charge in [-0.15, -0.1) is 0 Å². The number of piperidine rings is 1. The van der Waals surface area contributed by atoms with Gasteiger partial charge in [0.25, 0.3) is 0 Å². The topological polar surface area (TPSA) is 76.3 Å². The third-order valence-corrected chi connectivity index (χ3v) is 3.39. The Bertz CT molecular complexity index is 404. The van der Waals surface area contributed by atoms with E-state index in [0.717, 1.165) is 50.5 Å². The van der Waals surface area contributed by atoms with Crippen LogP contribution in [0.2, 0.25) is 0 Å². The number of nitrogens with one attached hydrogen (secondary N) is 1. The molecular weight excluding hydrogens is 242 g/mol. The van der Waals surface area contributed by atoms with Crippen molar-refractivity contribution in [2.24, 2.45) is 0 Å². The van der Waals surface area contributed by atoms with Crippen LogP contribution in [0.25, 0.3) is 0 Å². The highest BCUT2D eigenvalue weighted by Gasteiger charge is 2.20. The zero-order valence-electron chi connectivity index (χ0n) is 11.7. The monoisotopic (exact) mass is 265 g/mol. The summed E-state index contributed by atoms with van der Waals surface area (Å²) in [7, 11) is 1.77. The molecule has 106 valence electrons. The van der Waals surface area contributed by atoms with Gasteiger partial charge in [0.15, 0.2) is 0 Å². The lowest BCUT2D eigenvalue weighted by molar-refractivity contribution is 0.0818. The van der Waals surface area contributed by atoms with Gasteiger partial charge in [-0.1, -0.05) is 6.92 Å². The second kappa shape index (κ2) is 6.56. The molecule has 1 saturated heterocycles. The largest absolute Gasteiger partial charge is 0.381 e. The lowest BCUT2D eigenvalue weighted by atomic mass is 10.1. The minimum atomic E-state index is 0.324. The predicted octanol–water partition coefficient (Wildman–Crippen LogP) is 1.50. The number of rotatable bonds is 5. The van der Waals surface area contributed by atoms with Crippen LogP contribution in [-0.2, 0) is 4.74 Å². The molecule has 0 aliphatic carbocycles. The van der Waals surface area contributed by atoms with Crippen molar-refractivity contribution < 1.29 is 4.74 Å². The number of hydrogen-bond donors (Lipinski definition) is 2. The van der Waals surface area contributed by atoms with Crippen LogP contribution in [-0.4, -0.2) is 42.8 Å². The van der Waals surface area contributed by atoms with Crippen molar-refractivity contribution in [3.8, 4) is 0 Å². The standard InChI is InChI=1S/C13H23N5O/c1-3-6-15-11-9-12(17-13(14)16-11)18-7-4-10(19-2)5-8-18/h9-10H,3-8H2,1-2H3,(H3,14,15,16,17). The molecule has 1 aliphatic heterocycles. The zero-order valence-corrected chi connectivity index (χ0v) is 11.7. The Balaban J connectivity index is 2.05. The Morgan fingerprint density at radius 1 is 1.42 bits per heavy atom. The SMILES string of the molecule is CCCNc1cc(N2CCC(OC)CC2)nc(N)n1. The first-order valence-corrected chi connectivity index (χ1v) is 6.89. The lowest BCUT2D eigenvalue weighted by Crippen LogP contribution is -2.37. The molecule has 0 atom stereocenters. The third kappa shape index (κ3) is 3.70. The Labute approximate surface area is 114 Å². The van der Waals surface area contributed by atoms with Gasteiger partial charge in [-0.05, 0) is 19.3 Å². The van der Waals surface area contributed by atoms with Crippen LogP contribution in [0.1, 0.15) is 26.2 Å². The molecule has 1 fully saturated rings. The number of nitrogen functional groups attached to an aromatic ring is 1. The maximum atomic E-state index is 5.78. The van der Waals surface area contributed by atoms with E-state index in [0.29, 0.717) is 12.1 Å². The second-order valence-electron chi connectivity index (χ2n) is 4.82. The van der Waals surface area contributed by atoms with Gasteiger partial charge in [-0.2, -0.15) is 9.97 Å². The molecule has 0 amide bonds. The summed E-state index contributed by atoms with van der Waals surface area (Å²) in [6, 6.07) is 1.97. The molecule has 19 heavy (non-hydrogen) atoms. The summed E-state index contributed by atoms with van der Waals surface area (Å²) in [5.41, 5.74) is 5.78. The molecule has 1 aromatic rings. The predicted molar refractivity (Wildman–Crippen MR) is 77.5 cm³/mol. The second-order valence-corrected chi connectivity index (χ2v) is 4.82. The van der Waals surface area contributed by atoms with Crippen LogP contribution in [0, 0.1) is 0 Å². The van der Waals surface area contributed by atoms with Gasteiger partial charge < -0.3 is 20.7 Å². The first-order chi connectivity index (χ1) is 9.22. The van der Waals surface area contributed by atoms with Crippen molar-refractivity contribution in [3.05, 3.63) is 6.07 Å². The summed E-state index contributed by atoms with van der Waals surface area (Å²) in [6.07, 6.45) is 3.47. The van der Waals surface area contributed by atoms with Gasteiger partial charge in [0, 0.05) is 32.8 Å². The van der Waals surface area contributed by atoms with E-state index in [1.54, 1.807) is 7.11 Å². The molecular formula is C13H23N5O. The Kier molecular flexibility index (Phi) is 4.79. The van der Waals surface area contributed by atoms with Gasteiger partial charge in [0.1, 0.15) is 11.6 Å². The molecule has 0 saturated carbocycles. The quantitative estimate of drug-likeness (QED) is 0.840. The number of ether oxygens (including phenoxy) is 1. The van der Waals surface area contributed by atoms with E-state index in [1.165, 1.54) is 0 Å². The average molecular weight is 265 g/mol. The fourth-order valence-electron chi connectivity index (χ4n) is 2.28. The Morgan fingerprint density at radius 3 is 2.79 bits per heavy atom. The summed E-state index contributed by atoms with van der Waals surface area (Å²) < 4.78 is 5.38. The minimum absolute atomic E-state index is 0.324. The van der Waals surface area contributed by atoms with Gasteiger partial charge in [0.2, 0.25) is 5.95 Å². The number of hydrogen-bond acceptors (Lipinski definition) is 6. The van der Waals surface area contributed by atoms with Gasteiger partial charge in [-0.25, -0.2) is 0 Å². The number of nitrogens with zero attached hydrogens (tertiary/aromatic N) is 3. The maximum absolute atomic E-state index is 5.78. The van der Waals surface area contributed by atoms with Crippen LogP contribution in [0.4, 0.5) is 17.6 Å². The van der Waals surface area contributed by atoms with Crippen LogP contribution in [0.5, 0.6) is 0 Å². The summed E-state index contributed by atoms with van der Waals surface area (Å²) in [6.45, 7) is 4.90. The van der Waals surface area contributed by atoms with E-state index in [-0.39, 0.29) is 0 Å². The molecule has 0 spiro atoms. The Morgan fingerprint density at radius 2 is 2.16 bits per heavy atom. The first-order valence-electron chi connectivity index (χ1n) is 6.89. The zero-order chi connectivity index (χ0) is 13.7. The molecule has 2 heterocycles. The number of nitrogens with two attached hydrogens (primary N) is 1. The van der Waals surface area contributed by atoms with Crippen LogP contribution < -0.4 is 16.0 Å². The minimum Gasteiger partial charge on any atom is -0.381 e. The molecule has 2 rings (SSSR count). The first kappa shape index (κ1) is 13.9. The molecule has 0 aromatic carbocycles. The molecule has 1 aliphatic rings. The highest BCUT2D eigenvalue weighted by Crippen LogP contribution is 2.22. The third-order valence-electron chi connectivity index (χ3n) is 3.39. The normalized spacial score (nSPS) is 16.6. The maximum Gasteiger partial charge on any atom is 0.223 e. The summed E-state index contributed by atoms with van der Waals surface area (Å²) >= 11 is 0. The number of anilines is 3. The van der Waals surface area contributed by atoms with Crippen molar-refractivity contribution in [3.63, 3.8) is 0 Å². The number of methoxy groups -OCH3 is 1. The van der Waals surface area contributed by atoms with E-state index >= 15 is 0 Å². The molecule has 6 nitrogen and oxygen atoms in total. The van der Waals surface area contributed by atoms with E-state index in [1.807, 2.05) is 6.07 Å². The van der Waals surface area contributed by atoms with Gasteiger partial charge >= 0.3 is 0 Å². The van der Waals surface area contributed by atoms with Gasteiger partial charge in [-0.3, -0.25) is 0 Å². The van der Waals surface area contributed by atoms with E-state index in [2.05, 4.69) is 27.1 Å². The fourth-order valence-corrected chi connectivity index (χ4v) is 2.28. The van der Waals surface area contributed by atoms with Crippen LogP contribution in [0.15, 0.2) is 6.07 Å². The van der Waals surface area contributed by atoms with E-state index in [4.69, 9.17) is 10.5 Å². The molecule has 1 aromatic heterocycles. The van der Waals surface area contributed by atoms with E-state index < -0.39 is 0 Å². The molecule has 3 N–H and O–H groups in total. The summed E-state index contributed by atoms with van der Waals surface area (Å²) in [5.74, 6) is 2.03. The lowest BCUT2D eigenvalue weighted by Gasteiger charge is -2.32. The molecule has 0 unspecified atom stereocenters. The average Bonchev–Trinajstić information content (AvgIpc) is 2.44. The van der Waals surface area contributed by atoms with E-state index in [9.17, 15) is 0 Å². The summed E-state index contributed by atoms with van der Waals surface area (Å²) in [5, 5.41) is 3.25. The van der Waals surface area contributed by atoms with Crippen molar-refractivity contribution in [1.82, 2.24) is 9.97 Å². The highest BCUT2D eigenvalue weighted by molar-refractivity contribution is 5.52. The van der Waals surface area contributed by atoms with Crippen molar-refractivity contribution in [1.29, 1.82) is 0 Å². The van der Waals surface area contributed by atoms with Gasteiger partial charge in [0.05, 0.1) is 6.10 Å². The highest BCUT2D eigenvalue weighted by atomic mass is 16.5. The summed E-state index contributed by atoms with van der Waals surface area (Å²) in [4.78, 5) is 10.8. The molecule has 6 heteroatoms. The molecule has 0 bridgehead atoms.